The molecule has 0 amide bonds. The molecule has 5 heteroatoms. The van der Waals surface area contributed by atoms with Crippen LogP contribution in [0.5, 0.6) is 0 Å². The zero-order valence-electron chi connectivity index (χ0n) is 11.4. The molecule has 0 saturated carbocycles. The van der Waals surface area contributed by atoms with Crippen molar-refractivity contribution in [2.45, 2.75) is 12.8 Å². The number of hydrogen-bond acceptors (Lipinski definition) is 2. The minimum Gasteiger partial charge on any atom is -0.459 e. The maximum atomic E-state index is 13.7. The molecule has 1 aromatic heterocycles. The van der Waals surface area contributed by atoms with E-state index in [1.165, 1.54) is 24.3 Å². The first kappa shape index (κ1) is 14.9. The van der Waals surface area contributed by atoms with E-state index >= 15 is 0 Å². The van der Waals surface area contributed by atoms with Crippen molar-refractivity contribution in [3.8, 4) is 0 Å². The Morgan fingerprint density at radius 1 is 1.14 bits per heavy atom. The standard InChI is InChI=1S/C17H11BrF2O2/c18-15-9-12(20)8-14-13(16(4-5-21)22-17(14)15)7-10-2-1-3-11(19)6-10/h1-3,5-6,8-9H,4,7H2. The Hall–Kier alpha value is -2.01. The van der Waals surface area contributed by atoms with Crippen molar-refractivity contribution in [2.24, 2.45) is 0 Å². The van der Waals surface area contributed by atoms with Gasteiger partial charge in [0.15, 0.2) is 0 Å². The number of hydrogen-bond donors (Lipinski definition) is 0. The van der Waals surface area contributed by atoms with Gasteiger partial charge in [0, 0.05) is 17.4 Å². The molecule has 0 fully saturated rings. The summed E-state index contributed by atoms with van der Waals surface area (Å²) in [6.07, 6.45) is 1.19. The van der Waals surface area contributed by atoms with Crippen LogP contribution in [0.3, 0.4) is 0 Å². The van der Waals surface area contributed by atoms with E-state index in [0.717, 1.165) is 11.8 Å². The van der Waals surface area contributed by atoms with E-state index in [4.69, 9.17) is 4.42 Å². The van der Waals surface area contributed by atoms with E-state index < -0.39 is 5.82 Å². The van der Waals surface area contributed by atoms with Crippen molar-refractivity contribution in [3.63, 3.8) is 0 Å². The van der Waals surface area contributed by atoms with Crippen molar-refractivity contribution in [1.29, 1.82) is 0 Å². The van der Waals surface area contributed by atoms with Crippen LogP contribution in [-0.4, -0.2) is 6.29 Å². The Balaban J connectivity index is 2.17. The quantitative estimate of drug-likeness (QED) is 0.622. The zero-order valence-corrected chi connectivity index (χ0v) is 13.0. The van der Waals surface area contributed by atoms with Gasteiger partial charge in [0.1, 0.15) is 29.3 Å². The van der Waals surface area contributed by atoms with E-state index in [1.807, 2.05) is 0 Å². The van der Waals surface area contributed by atoms with E-state index in [9.17, 15) is 13.6 Å². The van der Waals surface area contributed by atoms with Crippen LogP contribution < -0.4 is 0 Å². The summed E-state index contributed by atoms with van der Waals surface area (Å²) >= 11 is 3.26. The Labute approximate surface area is 133 Å². The number of rotatable bonds is 4. The molecule has 0 radical (unpaired) electrons. The average molecular weight is 365 g/mol. The molecule has 1 heterocycles. The first-order valence-electron chi connectivity index (χ1n) is 6.66. The number of carbonyl (C=O) groups is 1. The van der Waals surface area contributed by atoms with Gasteiger partial charge in [-0.05, 0) is 45.8 Å². The van der Waals surface area contributed by atoms with E-state index in [2.05, 4.69) is 15.9 Å². The van der Waals surface area contributed by atoms with Crippen LogP contribution in [0.2, 0.25) is 0 Å². The molecule has 0 saturated heterocycles. The van der Waals surface area contributed by atoms with Gasteiger partial charge in [-0.2, -0.15) is 0 Å². The highest BCUT2D eigenvalue weighted by Crippen LogP contribution is 2.34. The van der Waals surface area contributed by atoms with Gasteiger partial charge in [-0.15, -0.1) is 0 Å². The van der Waals surface area contributed by atoms with Gasteiger partial charge < -0.3 is 9.21 Å². The van der Waals surface area contributed by atoms with Gasteiger partial charge in [0.05, 0.1) is 10.9 Å². The predicted molar refractivity (Wildman–Crippen MR) is 82.8 cm³/mol. The lowest BCUT2D eigenvalue weighted by Gasteiger charge is -2.03. The second-order valence-corrected chi connectivity index (χ2v) is 5.80. The fourth-order valence-corrected chi connectivity index (χ4v) is 3.02. The molecule has 3 aromatic rings. The molecule has 2 aromatic carbocycles. The lowest BCUT2D eigenvalue weighted by molar-refractivity contribution is -0.107. The van der Waals surface area contributed by atoms with Crippen LogP contribution in [-0.2, 0) is 17.6 Å². The van der Waals surface area contributed by atoms with Crippen LogP contribution in [0.4, 0.5) is 8.78 Å². The van der Waals surface area contributed by atoms with Crippen molar-refractivity contribution in [1.82, 2.24) is 0 Å². The zero-order chi connectivity index (χ0) is 15.7. The molecule has 22 heavy (non-hydrogen) atoms. The smallest absolute Gasteiger partial charge is 0.148 e. The van der Waals surface area contributed by atoms with Gasteiger partial charge in [0.2, 0.25) is 0 Å². The van der Waals surface area contributed by atoms with Crippen LogP contribution >= 0.6 is 15.9 Å². The van der Waals surface area contributed by atoms with Crippen LogP contribution in [0.25, 0.3) is 11.0 Å². The molecule has 0 unspecified atom stereocenters. The van der Waals surface area contributed by atoms with E-state index in [1.54, 1.807) is 12.1 Å². The summed E-state index contributed by atoms with van der Waals surface area (Å²) in [5.74, 6) is -0.270. The number of aldehydes is 1. The monoisotopic (exact) mass is 364 g/mol. The summed E-state index contributed by atoms with van der Waals surface area (Å²) in [7, 11) is 0. The number of carbonyl (C=O) groups excluding carboxylic acids is 1. The molecule has 0 spiro atoms. The normalized spacial score (nSPS) is 11.0. The highest BCUT2D eigenvalue weighted by Gasteiger charge is 2.17. The third-order valence-electron chi connectivity index (χ3n) is 3.43. The lowest BCUT2D eigenvalue weighted by atomic mass is 10.0. The maximum absolute atomic E-state index is 13.7. The van der Waals surface area contributed by atoms with Crippen LogP contribution in [0, 0.1) is 11.6 Å². The highest BCUT2D eigenvalue weighted by atomic mass is 79.9. The molecule has 2 nitrogen and oxygen atoms in total. The third kappa shape index (κ3) is 2.81. The largest absolute Gasteiger partial charge is 0.459 e. The first-order chi connectivity index (χ1) is 10.6. The summed E-state index contributed by atoms with van der Waals surface area (Å²) in [5.41, 5.74) is 1.92. The summed E-state index contributed by atoms with van der Waals surface area (Å²) in [6, 6.07) is 8.84. The molecule has 112 valence electrons. The molecular formula is C17H11BrF2O2. The van der Waals surface area contributed by atoms with Crippen molar-refractivity contribution in [3.05, 3.63) is 69.4 Å². The Morgan fingerprint density at radius 2 is 1.95 bits per heavy atom. The maximum Gasteiger partial charge on any atom is 0.148 e. The highest BCUT2D eigenvalue weighted by molar-refractivity contribution is 9.10. The molecular weight excluding hydrogens is 354 g/mol. The minimum absolute atomic E-state index is 0.0907. The molecule has 0 aliphatic carbocycles. The summed E-state index contributed by atoms with van der Waals surface area (Å²) in [6.45, 7) is 0. The summed E-state index contributed by atoms with van der Waals surface area (Å²) < 4.78 is 33.2. The lowest BCUT2D eigenvalue weighted by Crippen LogP contribution is -1.94. The van der Waals surface area contributed by atoms with Crippen LogP contribution in [0.1, 0.15) is 16.9 Å². The second-order valence-electron chi connectivity index (χ2n) is 4.95. The SMILES string of the molecule is O=CCc1oc2c(Br)cc(F)cc2c1Cc1cccc(F)c1. The van der Waals surface area contributed by atoms with Gasteiger partial charge in [-0.1, -0.05) is 12.1 Å². The molecule has 0 aliphatic heterocycles. The Morgan fingerprint density at radius 3 is 2.68 bits per heavy atom. The number of furan rings is 1. The molecule has 0 N–H and O–H groups in total. The van der Waals surface area contributed by atoms with Crippen molar-refractivity contribution >= 4 is 33.2 Å². The first-order valence-corrected chi connectivity index (χ1v) is 7.45. The fraction of sp³-hybridized carbons (Fsp3) is 0.118. The molecule has 3 rings (SSSR count). The second kappa shape index (κ2) is 6.01. The van der Waals surface area contributed by atoms with Gasteiger partial charge >= 0.3 is 0 Å². The van der Waals surface area contributed by atoms with Crippen molar-refractivity contribution < 1.29 is 18.0 Å². The average Bonchev–Trinajstić information content (AvgIpc) is 2.78. The number of fused-ring (bicyclic) bond motifs is 1. The van der Waals surface area contributed by atoms with Gasteiger partial charge in [-0.25, -0.2) is 8.78 Å². The fourth-order valence-electron chi connectivity index (χ4n) is 2.51. The number of halogens is 3. The Kier molecular flexibility index (Phi) is 4.07. The van der Waals surface area contributed by atoms with Gasteiger partial charge in [-0.3, -0.25) is 0 Å². The molecule has 0 aliphatic rings. The van der Waals surface area contributed by atoms with Gasteiger partial charge in [0.25, 0.3) is 0 Å². The summed E-state index contributed by atoms with van der Waals surface area (Å²) in [5, 5.41) is 0.591. The topological polar surface area (TPSA) is 30.2 Å². The Bertz CT molecular complexity index is 855. The molecule has 0 bridgehead atoms. The third-order valence-corrected chi connectivity index (χ3v) is 4.02. The van der Waals surface area contributed by atoms with E-state index in [0.29, 0.717) is 33.2 Å². The summed E-state index contributed by atoms with van der Waals surface area (Å²) in [4.78, 5) is 10.9. The minimum atomic E-state index is -0.404. The molecule has 0 atom stereocenters. The predicted octanol–water partition coefficient (Wildman–Crippen LogP) is 4.81. The van der Waals surface area contributed by atoms with Crippen molar-refractivity contribution in [2.75, 3.05) is 0 Å². The van der Waals surface area contributed by atoms with Crippen LogP contribution in [0.15, 0.2) is 45.3 Å². The number of benzene rings is 2. The van der Waals surface area contributed by atoms with E-state index in [-0.39, 0.29) is 12.2 Å².